The summed E-state index contributed by atoms with van der Waals surface area (Å²) in [5.41, 5.74) is 0. The molecule has 1 unspecified atom stereocenters. The van der Waals surface area contributed by atoms with E-state index in [1.165, 1.54) is 4.88 Å². The largest absolute Gasteiger partial charge is 0.392 e. The third-order valence-corrected chi connectivity index (χ3v) is 3.93. The van der Waals surface area contributed by atoms with Crippen molar-refractivity contribution in [2.75, 3.05) is 24.5 Å². The molecule has 1 heterocycles. The van der Waals surface area contributed by atoms with Gasteiger partial charge in [-0.25, -0.2) is 4.98 Å². The van der Waals surface area contributed by atoms with Gasteiger partial charge < -0.3 is 15.3 Å². The molecule has 0 aromatic carbocycles. The first-order valence-electron chi connectivity index (χ1n) is 6.79. The smallest absolute Gasteiger partial charge is 0.185 e. The minimum Gasteiger partial charge on any atom is -0.392 e. The standard InChI is InChI=1S/C13H25N3OS/c1-4-7-11(17)8-14-9-12-10-15-13(18-12)16(5-2)6-3/h10-11,14,17H,4-9H2,1-3H3. The molecule has 0 aliphatic heterocycles. The van der Waals surface area contributed by atoms with Crippen molar-refractivity contribution < 1.29 is 5.11 Å². The quantitative estimate of drug-likeness (QED) is 0.723. The fourth-order valence-electron chi connectivity index (χ4n) is 1.82. The molecule has 0 aliphatic carbocycles. The van der Waals surface area contributed by atoms with E-state index in [4.69, 9.17) is 0 Å². The molecule has 0 saturated heterocycles. The molecule has 0 aliphatic rings. The number of aliphatic hydroxyl groups excluding tert-OH is 1. The molecule has 1 aromatic heterocycles. The van der Waals surface area contributed by atoms with Gasteiger partial charge in [0.05, 0.1) is 6.10 Å². The Bertz CT molecular complexity index is 326. The number of nitrogens with zero attached hydrogens (tertiary/aromatic N) is 2. The van der Waals surface area contributed by atoms with Crippen LogP contribution in [0.25, 0.3) is 0 Å². The average molecular weight is 271 g/mol. The Morgan fingerprint density at radius 1 is 1.39 bits per heavy atom. The molecule has 104 valence electrons. The first-order chi connectivity index (χ1) is 8.71. The molecule has 0 bridgehead atoms. The molecule has 4 nitrogen and oxygen atoms in total. The lowest BCUT2D eigenvalue weighted by molar-refractivity contribution is 0.160. The summed E-state index contributed by atoms with van der Waals surface area (Å²) < 4.78 is 0. The van der Waals surface area contributed by atoms with Crippen LogP contribution in [0.5, 0.6) is 0 Å². The van der Waals surface area contributed by atoms with Gasteiger partial charge in [0.15, 0.2) is 5.13 Å². The Hall–Kier alpha value is -0.650. The monoisotopic (exact) mass is 271 g/mol. The molecule has 1 rings (SSSR count). The van der Waals surface area contributed by atoms with Gasteiger partial charge in [-0.15, -0.1) is 11.3 Å². The number of aromatic nitrogens is 1. The van der Waals surface area contributed by atoms with Gasteiger partial charge in [-0.3, -0.25) is 0 Å². The maximum atomic E-state index is 9.61. The molecule has 0 amide bonds. The van der Waals surface area contributed by atoms with Crippen molar-refractivity contribution in [2.45, 2.75) is 46.3 Å². The van der Waals surface area contributed by atoms with Crippen LogP contribution in [0.4, 0.5) is 5.13 Å². The van der Waals surface area contributed by atoms with Gasteiger partial charge >= 0.3 is 0 Å². The predicted octanol–water partition coefficient (Wildman–Crippen LogP) is 2.24. The Morgan fingerprint density at radius 2 is 2.11 bits per heavy atom. The molecule has 0 saturated carbocycles. The van der Waals surface area contributed by atoms with Gasteiger partial charge in [-0.1, -0.05) is 13.3 Å². The van der Waals surface area contributed by atoms with E-state index < -0.39 is 0 Å². The first-order valence-corrected chi connectivity index (χ1v) is 7.61. The lowest BCUT2D eigenvalue weighted by atomic mass is 10.2. The van der Waals surface area contributed by atoms with E-state index in [0.29, 0.717) is 6.54 Å². The normalized spacial score (nSPS) is 12.7. The number of anilines is 1. The van der Waals surface area contributed by atoms with Crippen LogP contribution in [-0.2, 0) is 6.54 Å². The molecule has 0 fully saturated rings. The molecule has 2 N–H and O–H groups in total. The van der Waals surface area contributed by atoms with E-state index in [1.54, 1.807) is 11.3 Å². The second-order valence-electron chi connectivity index (χ2n) is 4.35. The van der Waals surface area contributed by atoms with E-state index in [9.17, 15) is 5.11 Å². The number of hydrogen-bond acceptors (Lipinski definition) is 5. The van der Waals surface area contributed by atoms with Crippen LogP contribution in [0.1, 0.15) is 38.5 Å². The third kappa shape index (κ3) is 4.92. The number of aliphatic hydroxyl groups is 1. The molecular formula is C13H25N3OS. The Balaban J connectivity index is 2.35. The predicted molar refractivity (Wildman–Crippen MR) is 78.3 cm³/mol. The molecule has 0 spiro atoms. The molecule has 5 heteroatoms. The SMILES string of the molecule is CCCC(O)CNCc1cnc(N(CC)CC)s1. The van der Waals surface area contributed by atoms with Gasteiger partial charge in [0.2, 0.25) is 0 Å². The number of hydrogen-bond donors (Lipinski definition) is 2. The number of thiazole rings is 1. The van der Waals surface area contributed by atoms with Gasteiger partial charge in [-0.05, 0) is 20.3 Å². The van der Waals surface area contributed by atoms with E-state index in [-0.39, 0.29) is 6.10 Å². The fourth-order valence-corrected chi connectivity index (χ4v) is 2.82. The highest BCUT2D eigenvalue weighted by atomic mass is 32.1. The second-order valence-corrected chi connectivity index (χ2v) is 5.45. The topological polar surface area (TPSA) is 48.4 Å². The van der Waals surface area contributed by atoms with Crippen LogP contribution in [0.15, 0.2) is 6.20 Å². The maximum absolute atomic E-state index is 9.61. The van der Waals surface area contributed by atoms with Crippen LogP contribution in [0.3, 0.4) is 0 Å². The van der Waals surface area contributed by atoms with Gasteiger partial charge in [0.1, 0.15) is 0 Å². The van der Waals surface area contributed by atoms with E-state index in [1.807, 2.05) is 6.20 Å². The van der Waals surface area contributed by atoms with Crippen molar-refractivity contribution >= 4 is 16.5 Å². The van der Waals surface area contributed by atoms with Crippen molar-refractivity contribution in [2.24, 2.45) is 0 Å². The minimum absolute atomic E-state index is 0.231. The summed E-state index contributed by atoms with van der Waals surface area (Å²) in [6.45, 7) is 9.81. The van der Waals surface area contributed by atoms with Crippen LogP contribution in [-0.4, -0.2) is 35.8 Å². The lowest BCUT2D eigenvalue weighted by Gasteiger charge is -2.16. The fraction of sp³-hybridized carbons (Fsp3) is 0.769. The molecule has 0 radical (unpaired) electrons. The maximum Gasteiger partial charge on any atom is 0.185 e. The van der Waals surface area contributed by atoms with Gasteiger partial charge in [0, 0.05) is 37.3 Å². The Kier molecular flexibility index (Phi) is 7.23. The van der Waals surface area contributed by atoms with Crippen LogP contribution >= 0.6 is 11.3 Å². The van der Waals surface area contributed by atoms with Crippen LogP contribution in [0, 0.1) is 0 Å². The van der Waals surface area contributed by atoms with E-state index in [2.05, 4.69) is 36.0 Å². The Morgan fingerprint density at radius 3 is 2.72 bits per heavy atom. The molecule has 1 aromatic rings. The van der Waals surface area contributed by atoms with E-state index in [0.717, 1.165) is 37.6 Å². The van der Waals surface area contributed by atoms with Crippen molar-refractivity contribution in [3.63, 3.8) is 0 Å². The molecular weight excluding hydrogens is 246 g/mol. The highest BCUT2D eigenvalue weighted by Crippen LogP contribution is 2.21. The molecule has 18 heavy (non-hydrogen) atoms. The van der Waals surface area contributed by atoms with Crippen LogP contribution in [0.2, 0.25) is 0 Å². The molecule has 1 atom stereocenters. The van der Waals surface area contributed by atoms with Gasteiger partial charge in [0.25, 0.3) is 0 Å². The summed E-state index contributed by atoms with van der Waals surface area (Å²) in [4.78, 5) is 7.91. The van der Waals surface area contributed by atoms with Crippen molar-refractivity contribution in [1.29, 1.82) is 0 Å². The first kappa shape index (κ1) is 15.4. The number of nitrogens with one attached hydrogen (secondary N) is 1. The number of rotatable bonds is 9. The van der Waals surface area contributed by atoms with Crippen molar-refractivity contribution in [1.82, 2.24) is 10.3 Å². The zero-order chi connectivity index (χ0) is 13.4. The summed E-state index contributed by atoms with van der Waals surface area (Å²) in [5.74, 6) is 0. The summed E-state index contributed by atoms with van der Waals surface area (Å²) in [6, 6.07) is 0. The summed E-state index contributed by atoms with van der Waals surface area (Å²) in [7, 11) is 0. The van der Waals surface area contributed by atoms with Crippen molar-refractivity contribution in [3.8, 4) is 0 Å². The third-order valence-electron chi connectivity index (χ3n) is 2.88. The van der Waals surface area contributed by atoms with Crippen LogP contribution < -0.4 is 10.2 Å². The van der Waals surface area contributed by atoms with E-state index >= 15 is 0 Å². The zero-order valence-electron chi connectivity index (χ0n) is 11.6. The average Bonchev–Trinajstić information content (AvgIpc) is 2.80. The summed E-state index contributed by atoms with van der Waals surface area (Å²) >= 11 is 1.73. The van der Waals surface area contributed by atoms with Gasteiger partial charge in [-0.2, -0.15) is 0 Å². The Labute approximate surface area is 114 Å². The zero-order valence-corrected chi connectivity index (χ0v) is 12.5. The summed E-state index contributed by atoms with van der Waals surface area (Å²) in [6.07, 6.45) is 3.58. The lowest BCUT2D eigenvalue weighted by Crippen LogP contribution is -2.25. The minimum atomic E-state index is -0.231. The highest BCUT2D eigenvalue weighted by molar-refractivity contribution is 7.15. The summed E-state index contributed by atoms with van der Waals surface area (Å²) in [5, 5.41) is 14.0. The second kappa shape index (κ2) is 8.45. The van der Waals surface area contributed by atoms with Crippen molar-refractivity contribution in [3.05, 3.63) is 11.1 Å². The highest BCUT2D eigenvalue weighted by Gasteiger charge is 2.08.